The van der Waals surface area contributed by atoms with Crippen molar-refractivity contribution in [2.75, 3.05) is 40.9 Å². The molecule has 0 aromatic heterocycles. The summed E-state index contributed by atoms with van der Waals surface area (Å²) in [7, 11) is 7.89. The van der Waals surface area contributed by atoms with E-state index in [0.29, 0.717) is 63.3 Å². The highest BCUT2D eigenvalue weighted by molar-refractivity contribution is 6.10. The van der Waals surface area contributed by atoms with Crippen molar-refractivity contribution >= 4 is 17.4 Å². The molecule has 0 saturated carbocycles. The van der Waals surface area contributed by atoms with Gasteiger partial charge in [0.25, 0.3) is 5.91 Å². The Morgan fingerprint density at radius 2 is 1.53 bits per heavy atom. The van der Waals surface area contributed by atoms with E-state index >= 15 is 0 Å². The lowest BCUT2D eigenvalue weighted by Crippen LogP contribution is -2.37. The molecule has 1 amide bonds. The van der Waals surface area contributed by atoms with Crippen LogP contribution in [0.25, 0.3) is 0 Å². The van der Waals surface area contributed by atoms with Gasteiger partial charge < -0.3 is 34.3 Å². The van der Waals surface area contributed by atoms with Crippen molar-refractivity contribution < 1.29 is 33.3 Å². The van der Waals surface area contributed by atoms with Crippen LogP contribution in [-0.4, -0.2) is 47.2 Å². The highest BCUT2D eigenvalue weighted by atomic mass is 16.5. The molecule has 1 aliphatic heterocycles. The van der Waals surface area contributed by atoms with Gasteiger partial charge in [0.1, 0.15) is 5.75 Å². The molecule has 2 atom stereocenters. The second-order valence-corrected chi connectivity index (χ2v) is 10.4. The van der Waals surface area contributed by atoms with Crippen molar-refractivity contribution in [3.05, 3.63) is 94.3 Å². The molecule has 9 nitrogen and oxygen atoms in total. The Morgan fingerprint density at radius 1 is 0.814 bits per heavy atom. The molecule has 3 aromatic carbocycles. The van der Waals surface area contributed by atoms with Gasteiger partial charge in [-0.25, -0.2) is 0 Å². The largest absolute Gasteiger partial charge is 0.497 e. The standard InChI is InChI=1S/C34H36N2O7/c1-19-30(34(38)36-22-11-13-23(39-2)14-12-22)31(24-8-7-9-28(41-4)33(24)43-6)32-25(35-19)16-21(17-26(32)37)20-10-15-27(40-3)29(18-20)42-5/h7-15,18,21,31,35H,16-17H2,1-6H3,(H,36,38)/t21-,31+/m0/s1. The lowest BCUT2D eigenvalue weighted by atomic mass is 9.71. The van der Waals surface area contributed by atoms with E-state index in [4.69, 9.17) is 23.7 Å². The molecule has 224 valence electrons. The minimum Gasteiger partial charge on any atom is -0.497 e. The molecule has 3 aromatic rings. The fourth-order valence-corrected chi connectivity index (χ4v) is 6.01. The third-order valence-electron chi connectivity index (χ3n) is 8.04. The molecule has 2 aliphatic rings. The van der Waals surface area contributed by atoms with Gasteiger partial charge in [-0.15, -0.1) is 0 Å². The first kappa shape index (κ1) is 29.6. The van der Waals surface area contributed by atoms with Crippen LogP contribution >= 0.6 is 0 Å². The summed E-state index contributed by atoms with van der Waals surface area (Å²) in [6.45, 7) is 1.86. The fourth-order valence-electron chi connectivity index (χ4n) is 6.01. The highest BCUT2D eigenvalue weighted by Gasteiger charge is 2.42. The van der Waals surface area contributed by atoms with Gasteiger partial charge >= 0.3 is 0 Å². The van der Waals surface area contributed by atoms with Gasteiger partial charge in [0.2, 0.25) is 0 Å². The van der Waals surface area contributed by atoms with E-state index in [0.717, 1.165) is 11.3 Å². The van der Waals surface area contributed by atoms with Crippen LogP contribution in [0.1, 0.15) is 42.7 Å². The summed E-state index contributed by atoms with van der Waals surface area (Å²) in [6.07, 6.45) is 0.843. The van der Waals surface area contributed by atoms with Crippen molar-refractivity contribution in [3.8, 4) is 28.7 Å². The van der Waals surface area contributed by atoms with E-state index in [1.165, 1.54) is 0 Å². The number of hydrogen-bond acceptors (Lipinski definition) is 8. The number of dihydropyridines is 1. The van der Waals surface area contributed by atoms with E-state index in [-0.39, 0.29) is 24.0 Å². The number of para-hydroxylation sites is 1. The molecule has 1 aliphatic carbocycles. The number of benzene rings is 3. The second-order valence-electron chi connectivity index (χ2n) is 10.4. The number of anilines is 1. The second kappa shape index (κ2) is 12.5. The molecular weight excluding hydrogens is 548 g/mol. The van der Waals surface area contributed by atoms with Crippen LogP contribution in [-0.2, 0) is 9.59 Å². The van der Waals surface area contributed by atoms with Gasteiger partial charge in [0, 0.05) is 40.2 Å². The number of carbonyl (C=O) groups is 2. The monoisotopic (exact) mass is 584 g/mol. The molecule has 1 heterocycles. The van der Waals surface area contributed by atoms with Crippen LogP contribution in [0, 0.1) is 0 Å². The Kier molecular flexibility index (Phi) is 8.61. The number of rotatable bonds is 9. The predicted octanol–water partition coefficient (Wildman–Crippen LogP) is 5.73. The number of hydrogen-bond donors (Lipinski definition) is 2. The third-order valence-corrected chi connectivity index (χ3v) is 8.04. The highest BCUT2D eigenvalue weighted by Crippen LogP contribution is 2.49. The van der Waals surface area contributed by atoms with Gasteiger partial charge in [0.15, 0.2) is 28.8 Å². The van der Waals surface area contributed by atoms with Crippen LogP contribution in [0.5, 0.6) is 28.7 Å². The normalized spacial score (nSPS) is 18.0. The minimum atomic E-state index is -0.682. The van der Waals surface area contributed by atoms with Crippen LogP contribution in [0.3, 0.4) is 0 Å². The van der Waals surface area contributed by atoms with Gasteiger partial charge in [0.05, 0.1) is 41.5 Å². The van der Waals surface area contributed by atoms with Crippen molar-refractivity contribution in [1.82, 2.24) is 5.32 Å². The summed E-state index contributed by atoms with van der Waals surface area (Å²) in [6, 6.07) is 18.3. The molecular formula is C34H36N2O7. The third kappa shape index (κ3) is 5.62. The van der Waals surface area contributed by atoms with Gasteiger partial charge in [-0.1, -0.05) is 18.2 Å². The molecule has 0 spiro atoms. The topological polar surface area (TPSA) is 104 Å². The number of Topliss-reactive ketones (excluding diaryl/α,β-unsaturated/α-hetero) is 1. The van der Waals surface area contributed by atoms with Crippen LogP contribution in [0.15, 0.2) is 83.2 Å². The molecule has 0 fully saturated rings. The molecule has 0 saturated heterocycles. The Balaban J connectivity index is 1.59. The number of allylic oxidation sites excluding steroid dienone is 3. The molecule has 0 bridgehead atoms. The van der Waals surface area contributed by atoms with E-state index < -0.39 is 5.92 Å². The smallest absolute Gasteiger partial charge is 0.254 e. The number of ketones is 1. The zero-order chi connectivity index (χ0) is 30.7. The number of ether oxygens (including phenoxy) is 5. The maximum absolute atomic E-state index is 14.1. The molecule has 0 unspecified atom stereocenters. The Labute approximate surface area is 251 Å². The minimum absolute atomic E-state index is 0.0503. The van der Waals surface area contributed by atoms with Crippen molar-refractivity contribution in [3.63, 3.8) is 0 Å². The summed E-state index contributed by atoms with van der Waals surface area (Å²) in [5.74, 6) is 1.75. The first-order valence-corrected chi connectivity index (χ1v) is 14.0. The molecule has 0 radical (unpaired) electrons. The molecule has 43 heavy (non-hydrogen) atoms. The van der Waals surface area contributed by atoms with Crippen LogP contribution < -0.4 is 34.3 Å². The Hall–Kier alpha value is -4.92. The number of methoxy groups -OCH3 is 5. The average Bonchev–Trinajstić information content (AvgIpc) is 3.03. The summed E-state index contributed by atoms with van der Waals surface area (Å²) in [4.78, 5) is 28.1. The maximum atomic E-state index is 14.1. The lowest BCUT2D eigenvalue weighted by Gasteiger charge is -2.37. The molecule has 5 rings (SSSR count). The van der Waals surface area contributed by atoms with Crippen molar-refractivity contribution in [2.24, 2.45) is 0 Å². The van der Waals surface area contributed by atoms with E-state index in [2.05, 4.69) is 10.6 Å². The van der Waals surface area contributed by atoms with Gasteiger partial charge in [-0.2, -0.15) is 0 Å². The first-order chi connectivity index (χ1) is 20.8. The van der Waals surface area contributed by atoms with Crippen molar-refractivity contribution in [2.45, 2.75) is 31.6 Å². The first-order valence-electron chi connectivity index (χ1n) is 14.0. The SMILES string of the molecule is COc1ccc(NC(=O)C2=C(C)NC3=C(C(=O)C[C@@H](c4ccc(OC)c(OC)c4)C3)[C@@H]2c2cccc(OC)c2OC)cc1. The van der Waals surface area contributed by atoms with Gasteiger partial charge in [-0.05, 0) is 67.3 Å². The summed E-state index contributed by atoms with van der Waals surface area (Å²) >= 11 is 0. The maximum Gasteiger partial charge on any atom is 0.254 e. The quantitative estimate of drug-likeness (QED) is 0.329. The van der Waals surface area contributed by atoms with Gasteiger partial charge in [-0.3, -0.25) is 9.59 Å². The Bertz CT molecular complexity index is 1610. The number of nitrogens with one attached hydrogen (secondary N) is 2. The lowest BCUT2D eigenvalue weighted by molar-refractivity contribution is -0.116. The number of carbonyl (C=O) groups excluding carboxylic acids is 2. The Morgan fingerprint density at radius 3 is 2.19 bits per heavy atom. The predicted molar refractivity (Wildman–Crippen MR) is 163 cm³/mol. The fraction of sp³-hybridized carbons (Fsp3) is 0.294. The summed E-state index contributed by atoms with van der Waals surface area (Å²) in [5, 5.41) is 6.43. The zero-order valence-corrected chi connectivity index (χ0v) is 25.2. The van der Waals surface area contributed by atoms with E-state index in [1.807, 2.05) is 37.3 Å². The summed E-state index contributed by atoms with van der Waals surface area (Å²) in [5.41, 5.74) is 4.66. The molecule has 2 N–H and O–H groups in total. The zero-order valence-electron chi connectivity index (χ0n) is 25.2. The average molecular weight is 585 g/mol. The van der Waals surface area contributed by atoms with Crippen LogP contribution in [0.4, 0.5) is 5.69 Å². The van der Waals surface area contributed by atoms with Crippen LogP contribution in [0.2, 0.25) is 0 Å². The molecule has 9 heteroatoms. The van der Waals surface area contributed by atoms with Crippen molar-refractivity contribution in [1.29, 1.82) is 0 Å². The van der Waals surface area contributed by atoms with E-state index in [1.54, 1.807) is 65.9 Å². The van der Waals surface area contributed by atoms with E-state index in [9.17, 15) is 9.59 Å². The summed E-state index contributed by atoms with van der Waals surface area (Å²) < 4.78 is 27.6. The number of amides is 1.